The summed E-state index contributed by atoms with van der Waals surface area (Å²) in [7, 11) is 1.30. The maximum Gasteiger partial charge on any atom is 0.340 e. The number of benzene rings is 2. The molecule has 0 unspecified atom stereocenters. The molecule has 8 heteroatoms. The molecule has 1 saturated heterocycles. The average Bonchev–Trinajstić information content (AvgIpc) is 3.51. The van der Waals surface area contributed by atoms with Crippen LogP contribution in [0.25, 0.3) is 6.08 Å². The minimum Gasteiger partial charge on any atom is -0.484 e. The smallest absolute Gasteiger partial charge is 0.340 e. The molecular weight excluding hydrogens is 472 g/mol. The Bertz CT molecular complexity index is 1210. The van der Waals surface area contributed by atoms with Gasteiger partial charge in [0, 0.05) is 18.8 Å². The normalized spacial score (nSPS) is 18.5. The van der Waals surface area contributed by atoms with Crippen LogP contribution in [0.4, 0.5) is 0 Å². The molecule has 1 N–H and O–H groups in total. The van der Waals surface area contributed by atoms with Gasteiger partial charge in [-0.25, -0.2) is 4.79 Å². The summed E-state index contributed by atoms with van der Waals surface area (Å²) in [5.41, 5.74) is 3.89. The van der Waals surface area contributed by atoms with E-state index in [4.69, 9.17) is 14.2 Å². The van der Waals surface area contributed by atoms with Gasteiger partial charge in [0.05, 0.1) is 30.9 Å². The van der Waals surface area contributed by atoms with Crippen LogP contribution in [0.15, 0.2) is 65.4 Å². The highest BCUT2D eigenvalue weighted by molar-refractivity contribution is 6.16. The quantitative estimate of drug-likeness (QED) is 0.415. The van der Waals surface area contributed by atoms with E-state index in [1.54, 1.807) is 42.2 Å². The van der Waals surface area contributed by atoms with Crippen molar-refractivity contribution >= 4 is 23.9 Å². The molecule has 2 amide bonds. The van der Waals surface area contributed by atoms with E-state index >= 15 is 0 Å². The third-order valence-corrected chi connectivity index (χ3v) is 6.47. The van der Waals surface area contributed by atoms with Gasteiger partial charge >= 0.3 is 5.97 Å². The molecule has 37 heavy (non-hydrogen) atoms. The molecule has 0 bridgehead atoms. The minimum atomic E-state index is -0.558. The van der Waals surface area contributed by atoms with Crippen molar-refractivity contribution in [3.8, 4) is 5.75 Å². The summed E-state index contributed by atoms with van der Waals surface area (Å²) >= 11 is 0. The van der Waals surface area contributed by atoms with Crippen LogP contribution >= 0.6 is 0 Å². The number of esters is 1. The zero-order valence-corrected chi connectivity index (χ0v) is 21.4. The lowest BCUT2D eigenvalue weighted by molar-refractivity contribution is -0.136. The molecule has 1 atom stereocenters. The molecule has 2 heterocycles. The van der Waals surface area contributed by atoms with Gasteiger partial charge in [0.15, 0.2) is 6.61 Å². The highest BCUT2D eigenvalue weighted by Crippen LogP contribution is 2.33. The van der Waals surface area contributed by atoms with E-state index in [1.165, 1.54) is 7.11 Å². The molecule has 0 spiro atoms. The SMILES string of the molecule is COC(=O)C1=C(C)N(Cc2ccc(C)cc2)C(=O)/C1=C\c1ccc(OCC(=O)NC[C@@H]2CCCO2)cc1. The number of ether oxygens (including phenoxy) is 3. The number of amides is 2. The lowest BCUT2D eigenvalue weighted by Crippen LogP contribution is -2.35. The first-order valence-electron chi connectivity index (χ1n) is 12.4. The number of hydrogen-bond donors (Lipinski definition) is 1. The molecule has 4 rings (SSSR count). The van der Waals surface area contributed by atoms with Crippen LogP contribution in [0.2, 0.25) is 0 Å². The van der Waals surface area contributed by atoms with Crippen molar-refractivity contribution in [2.24, 2.45) is 0 Å². The second-order valence-electron chi connectivity index (χ2n) is 9.18. The van der Waals surface area contributed by atoms with E-state index in [1.807, 2.05) is 31.2 Å². The number of hydrogen-bond acceptors (Lipinski definition) is 6. The van der Waals surface area contributed by atoms with Gasteiger partial charge in [-0.3, -0.25) is 9.59 Å². The zero-order valence-electron chi connectivity index (χ0n) is 21.4. The number of aryl methyl sites for hydroxylation is 1. The topological polar surface area (TPSA) is 94.2 Å². The summed E-state index contributed by atoms with van der Waals surface area (Å²) in [6.07, 6.45) is 3.73. The van der Waals surface area contributed by atoms with Crippen molar-refractivity contribution in [2.45, 2.75) is 39.3 Å². The first kappa shape index (κ1) is 26.2. The number of carbonyl (C=O) groups is 3. The van der Waals surface area contributed by atoms with E-state index in [9.17, 15) is 14.4 Å². The molecule has 2 aromatic carbocycles. The summed E-state index contributed by atoms with van der Waals surface area (Å²) in [5, 5.41) is 2.82. The van der Waals surface area contributed by atoms with Crippen molar-refractivity contribution in [1.29, 1.82) is 0 Å². The van der Waals surface area contributed by atoms with Crippen molar-refractivity contribution in [3.63, 3.8) is 0 Å². The number of nitrogens with one attached hydrogen (secondary N) is 1. The van der Waals surface area contributed by atoms with Crippen molar-refractivity contribution in [1.82, 2.24) is 10.2 Å². The summed E-state index contributed by atoms with van der Waals surface area (Å²) in [5.74, 6) is -0.512. The number of methoxy groups -OCH3 is 1. The van der Waals surface area contributed by atoms with Crippen molar-refractivity contribution in [3.05, 3.63) is 82.1 Å². The highest BCUT2D eigenvalue weighted by Gasteiger charge is 2.37. The fraction of sp³-hybridized carbons (Fsp3) is 0.345. The molecule has 0 aliphatic carbocycles. The molecule has 8 nitrogen and oxygen atoms in total. The van der Waals surface area contributed by atoms with Gasteiger partial charge in [-0.2, -0.15) is 0 Å². The summed E-state index contributed by atoms with van der Waals surface area (Å²) in [6, 6.07) is 14.9. The van der Waals surface area contributed by atoms with Crippen LogP contribution in [-0.2, 0) is 30.4 Å². The third-order valence-electron chi connectivity index (χ3n) is 6.47. The van der Waals surface area contributed by atoms with Gasteiger partial charge in [0.25, 0.3) is 11.8 Å². The second-order valence-corrected chi connectivity index (χ2v) is 9.18. The highest BCUT2D eigenvalue weighted by atomic mass is 16.5. The molecule has 1 fully saturated rings. The second kappa shape index (κ2) is 11.9. The predicted molar refractivity (Wildman–Crippen MR) is 138 cm³/mol. The first-order valence-corrected chi connectivity index (χ1v) is 12.4. The minimum absolute atomic E-state index is 0.0787. The molecule has 2 aromatic rings. The van der Waals surface area contributed by atoms with Crippen LogP contribution in [0, 0.1) is 6.92 Å². The number of rotatable bonds is 9. The van der Waals surface area contributed by atoms with Gasteiger partial charge in [-0.15, -0.1) is 0 Å². The van der Waals surface area contributed by atoms with Crippen LogP contribution < -0.4 is 10.1 Å². The summed E-state index contributed by atoms with van der Waals surface area (Å²) in [6.45, 7) is 5.23. The van der Waals surface area contributed by atoms with Gasteiger partial charge in [0.2, 0.25) is 0 Å². The fourth-order valence-electron chi connectivity index (χ4n) is 4.35. The molecular formula is C29H32N2O6. The third kappa shape index (κ3) is 6.46. The van der Waals surface area contributed by atoms with Gasteiger partial charge < -0.3 is 24.4 Å². The number of carbonyl (C=O) groups excluding carboxylic acids is 3. The Kier molecular flexibility index (Phi) is 8.40. The van der Waals surface area contributed by atoms with Gasteiger partial charge in [-0.1, -0.05) is 42.0 Å². The predicted octanol–water partition coefficient (Wildman–Crippen LogP) is 3.54. The Hall–Kier alpha value is -3.91. The van der Waals surface area contributed by atoms with Crippen molar-refractivity contribution < 1.29 is 28.6 Å². The fourth-order valence-corrected chi connectivity index (χ4v) is 4.35. The molecule has 194 valence electrons. The maximum absolute atomic E-state index is 13.4. The Balaban J connectivity index is 1.43. The van der Waals surface area contributed by atoms with E-state index in [-0.39, 0.29) is 35.7 Å². The van der Waals surface area contributed by atoms with Crippen LogP contribution in [0.1, 0.15) is 36.5 Å². The Morgan fingerprint density at radius 2 is 1.84 bits per heavy atom. The number of allylic oxidation sites excluding steroid dienone is 1. The monoisotopic (exact) mass is 504 g/mol. The van der Waals surface area contributed by atoms with Crippen LogP contribution in [0.5, 0.6) is 5.75 Å². The Labute approximate surface area is 216 Å². The first-order chi connectivity index (χ1) is 17.9. The maximum atomic E-state index is 13.4. The van der Waals surface area contributed by atoms with Crippen molar-refractivity contribution in [2.75, 3.05) is 26.9 Å². The molecule has 0 radical (unpaired) electrons. The van der Waals surface area contributed by atoms with E-state index in [0.29, 0.717) is 30.1 Å². The lowest BCUT2D eigenvalue weighted by atomic mass is 10.0. The summed E-state index contributed by atoms with van der Waals surface area (Å²) in [4.78, 5) is 39.6. The zero-order chi connectivity index (χ0) is 26.4. The van der Waals surface area contributed by atoms with E-state index < -0.39 is 5.97 Å². The summed E-state index contributed by atoms with van der Waals surface area (Å²) < 4.78 is 16.1. The van der Waals surface area contributed by atoms with E-state index in [0.717, 1.165) is 30.6 Å². The van der Waals surface area contributed by atoms with Crippen LogP contribution in [-0.4, -0.2) is 55.7 Å². The molecule has 2 aliphatic heterocycles. The Morgan fingerprint density at radius 3 is 2.49 bits per heavy atom. The average molecular weight is 505 g/mol. The lowest BCUT2D eigenvalue weighted by Gasteiger charge is -2.18. The number of nitrogens with zero attached hydrogens (tertiary/aromatic N) is 1. The van der Waals surface area contributed by atoms with Crippen LogP contribution in [0.3, 0.4) is 0 Å². The van der Waals surface area contributed by atoms with Gasteiger partial charge in [0.1, 0.15) is 5.75 Å². The van der Waals surface area contributed by atoms with E-state index in [2.05, 4.69) is 5.32 Å². The molecule has 0 aromatic heterocycles. The Morgan fingerprint density at radius 1 is 1.11 bits per heavy atom. The largest absolute Gasteiger partial charge is 0.484 e. The molecule has 0 saturated carbocycles. The van der Waals surface area contributed by atoms with Gasteiger partial charge in [-0.05, 0) is 56.0 Å². The standard InChI is InChI=1S/C29H32N2O6/c1-19-6-8-22(9-7-19)17-31-20(2)27(29(34)35-3)25(28(31)33)15-21-10-12-23(13-11-21)37-18-26(32)30-16-24-5-4-14-36-24/h6-13,15,24H,4-5,14,16-18H2,1-3H3,(H,30,32)/b25-15-/t24-/m0/s1. The molecule has 2 aliphatic rings.